The molecule has 0 saturated carbocycles. The summed E-state index contributed by atoms with van der Waals surface area (Å²) in [5.74, 6) is 2.09. The van der Waals surface area contributed by atoms with E-state index in [1.165, 1.54) is 10.9 Å². The Morgan fingerprint density at radius 1 is 1.19 bits per heavy atom. The van der Waals surface area contributed by atoms with E-state index in [0.717, 1.165) is 56.2 Å². The molecule has 4 heterocycles. The summed E-state index contributed by atoms with van der Waals surface area (Å²) in [5.41, 5.74) is 2.54. The molecule has 2 saturated heterocycles. The Labute approximate surface area is 157 Å². The van der Waals surface area contributed by atoms with E-state index in [1.54, 1.807) is 0 Å². The Hall–Kier alpha value is -2.83. The third-order valence-electron chi connectivity index (χ3n) is 6.27. The Bertz CT molecular complexity index is 995. The van der Waals surface area contributed by atoms with Crippen molar-refractivity contribution >= 4 is 22.8 Å². The molecule has 2 fully saturated rings. The fourth-order valence-electron chi connectivity index (χ4n) is 4.52. The second kappa shape index (κ2) is 6.11. The van der Waals surface area contributed by atoms with Crippen LogP contribution in [0.15, 0.2) is 30.5 Å². The van der Waals surface area contributed by atoms with Gasteiger partial charge >= 0.3 is 0 Å². The quantitative estimate of drug-likeness (QED) is 0.745. The molecule has 27 heavy (non-hydrogen) atoms. The molecule has 0 unspecified atom stereocenters. The Kier molecular flexibility index (Phi) is 3.70. The summed E-state index contributed by atoms with van der Waals surface area (Å²) in [4.78, 5) is 17.2. The van der Waals surface area contributed by atoms with Gasteiger partial charge in [-0.1, -0.05) is 18.2 Å². The predicted octanol–water partition coefficient (Wildman–Crippen LogP) is 1.99. The summed E-state index contributed by atoms with van der Waals surface area (Å²) in [5, 5.41) is 13.2. The fourth-order valence-corrected chi connectivity index (χ4v) is 4.52. The van der Waals surface area contributed by atoms with Crippen LogP contribution in [0.4, 0.5) is 5.95 Å². The molecule has 1 spiro atoms. The molecule has 0 atom stereocenters. The minimum absolute atomic E-state index is 0.152. The lowest BCUT2D eigenvalue weighted by molar-refractivity contribution is -0.119. The zero-order valence-corrected chi connectivity index (χ0v) is 15.5. The lowest BCUT2D eigenvalue weighted by Gasteiger charge is -2.38. The molecule has 7 nitrogen and oxygen atoms in total. The molecular weight excluding hydrogens is 340 g/mol. The highest BCUT2D eigenvalue weighted by atomic mass is 16.1. The van der Waals surface area contributed by atoms with E-state index in [9.17, 15) is 4.79 Å². The Morgan fingerprint density at radius 2 is 2.00 bits per heavy atom. The van der Waals surface area contributed by atoms with E-state index in [4.69, 9.17) is 0 Å². The van der Waals surface area contributed by atoms with Crippen molar-refractivity contribution in [1.82, 2.24) is 25.1 Å². The van der Waals surface area contributed by atoms with Gasteiger partial charge in [-0.25, -0.2) is 0 Å². The molecule has 7 heteroatoms. The average molecular weight is 364 g/mol. The number of nitrogens with zero attached hydrogens (tertiary/aromatic N) is 4. The highest BCUT2D eigenvalue weighted by molar-refractivity contribution is 5.83. The van der Waals surface area contributed by atoms with Crippen LogP contribution in [0.5, 0.6) is 0 Å². The third kappa shape index (κ3) is 2.78. The number of fused-ring (bicyclic) bond motifs is 1. The van der Waals surface area contributed by atoms with Crippen molar-refractivity contribution in [1.29, 1.82) is 0 Å². The number of hydrogen-bond acceptors (Lipinski definition) is 4. The maximum atomic E-state index is 11.6. The first-order valence-electron chi connectivity index (χ1n) is 9.58. The van der Waals surface area contributed by atoms with Gasteiger partial charge in [0.1, 0.15) is 5.82 Å². The lowest BCUT2D eigenvalue weighted by Crippen LogP contribution is -2.42. The summed E-state index contributed by atoms with van der Waals surface area (Å²) in [7, 11) is 2.05. The molecule has 5 rings (SSSR count). The zero-order valence-electron chi connectivity index (χ0n) is 15.5. The second-order valence-corrected chi connectivity index (χ2v) is 7.95. The van der Waals surface area contributed by atoms with E-state index >= 15 is 0 Å². The SMILES string of the molecule is Cn1c(Cc2c[nH]c3ccccc23)nnc1N1CCC2(CC1)CNC(=O)C2. The van der Waals surface area contributed by atoms with Crippen LogP contribution in [0, 0.1) is 5.41 Å². The number of H-pyrrole nitrogens is 1. The van der Waals surface area contributed by atoms with Crippen LogP contribution in [-0.2, 0) is 18.3 Å². The van der Waals surface area contributed by atoms with E-state index in [-0.39, 0.29) is 11.3 Å². The first-order valence-corrected chi connectivity index (χ1v) is 9.58. The fraction of sp³-hybridized carbons (Fsp3) is 0.450. The summed E-state index contributed by atoms with van der Waals surface area (Å²) < 4.78 is 2.11. The molecule has 2 aromatic heterocycles. The number of carbonyl (C=O) groups excluding carboxylic acids is 1. The smallest absolute Gasteiger partial charge is 0.226 e. The summed E-state index contributed by atoms with van der Waals surface area (Å²) in [6.07, 6.45) is 5.54. The number of anilines is 1. The van der Waals surface area contributed by atoms with Gasteiger partial charge in [0.15, 0.2) is 0 Å². The van der Waals surface area contributed by atoms with Gasteiger partial charge in [-0.15, -0.1) is 10.2 Å². The van der Waals surface area contributed by atoms with Gasteiger partial charge in [-0.3, -0.25) is 4.79 Å². The normalized spacial score (nSPS) is 19.1. The van der Waals surface area contributed by atoms with Gasteiger partial charge in [0.25, 0.3) is 0 Å². The largest absolute Gasteiger partial charge is 0.361 e. The maximum Gasteiger partial charge on any atom is 0.226 e. The minimum Gasteiger partial charge on any atom is -0.361 e. The maximum absolute atomic E-state index is 11.6. The number of amides is 1. The van der Waals surface area contributed by atoms with Gasteiger partial charge in [-0.05, 0) is 29.9 Å². The topological polar surface area (TPSA) is 78.8 Å². The molecule has 0 radical (unpaired) electrons. The number of benzene rings is 1. The summed E-state index contributed by atoms with van der Waals surface area (Å²) in [6.45, 7) is 2.67. The number of rotatable bonds is 3. The van der Waals surface area contributed by atoms with Crippen LogP contribution in [-0.4, -0.2) is 45.3 Å². The van der Waals surface area contributed by atoms with Gasteiger partial charge in [0.05, 0.1) is 0 Å². The Morgan fingerprint density at radius 3 is 2.78 bits per heavy atom. The first-order chi connectivity index (χ1) is 13.1. The van der Waals surface area contributed by atoms with Crippen molar-refractivity contribution in [2.24, 2.45) is 12.5 Å². The number of nitrogens with one attached hydrogen (secondary N) is 2. The number of aromatic nitrogens is 4. The van der Waals surface area contributed by atoms with Gasteiger partial charge in [-0.2, -0.15) is 0 Å². The molecule has 2 N–H and O–H groups in total. The molecule has 140 valence electrons. The minimum atomic E-state index is 0.152. The van der Waals surface area contributed by atoms with Crippen molar-refractivity contribution in [2.45, 2.75) is 25.7 Å². The van der Waals surface area contributed by atoms with Crippen molar-refractivity contribution < 1.29 is 4.79 Å². The monoisotopic (exact) mass is 364 g/mol. The number of hydrogen-bond donors (Lipinski definition) is 2. The van der Waals surface area contributed by atoms with Crippen LogP contribution in [0.25, 0.3) is 10.9 Å². The summed E-state index contributed by atoms with van der Waals surface area (Å²) >= 11 is 0. The van der Waals surface area contributed by atoms with Crippen LogP contribution in [0.3, 0.4) is 0 Å². The van der Waals surface area contributed by atoms with E-state index < -0.39 is 0 Å². The van der Waals surface area contributed by atoms with E-state index in [2.05, 4.69) is 54.4 Å². The molecule has 0 bridgehead atoms. The van der Waals surface area contributed by atoms with Gasteiger partial charge in [0.2, 0.25) is 11.9 Å². The molecule has 1 amide bonds. The number of piperidine rings is 1. The molecule has 3 aromatic rings. The molecular formula is C20H24N6O. The zero-order chi connectivity index (χ0) is 18.4. The van der Waals surface area contributed by atoms with E-state index in [0.29, 0.717) is 6.42 Å². The molecule has 2 aliphatic rings. The number of para-hydroxylation sites is 1. The van der Waals surface area contributed by atoms with Crippen LogP contribution in [0.1, 0.15) is 30.7 Å². The number of carbonyl (C=O) groups is 1. The Balaban J connectivity index is 1.33. The average Bonchev–Trinajstić information content (AvgIpc) is 3.36. The van der Waals surface area contributed by atoms with Crippen LogP contribution >= 0.6 is 0 Å². The second-order valence-electron chi connectivity index (χ2n) is 7.95. The van der Waals surface area contributed by atoms with Crippen LogP contribution < -0.4 is 10.2 Å². The number of aromatic amines is 1. The van der Waals surface area contributed by atoms with E-state index in [1.807, 2.05) is 13.1 Å². The van der Waals surface area contributed by atoms with Crippen molar-refractivity contribution in [3.8, 4) is 0 Å². The summed E-state index contributed by atoms with van der Waals surface area (Å²) in [6, 6.07) is 8.33. The van der Waals surface area contributed by atoms with Crippen molar-refractivity contribution in [2.75, 3.05) is 24.5 Å². The van der Waals surface area contributed by atoms with Gasteiger partial charge in [0, 0.05) is 56.6 Å². The van der Waals surface area contributed by atoms with Crippen molar-refractivity contribution in [3.05, 3.63) is 41.9 Å². The highest BCUT2D eigenvalue weighted by Gasteiger charge is 2.41. The van der Waals surface area contributed by atoms with Crippen LogP contribution in [0.2, 0.25) is 0 Å². The third-order valence-corrected chi connectivity index (χ3v) is 6.27. The van der Waals surface area contributed by atoms with Gasteiger partial charge < -0.3 is 19.8 Å². The van der Waals surface area contributed by atoms with Crippen molar-refractivity contribution in [3.63, 3.8) is 0 Å². The first kappa shape index (κ1) is 16.4. The predicted molar refractivity (Wildman–Crippen MR) is 104 cm³/mol. The molecule has 0 aliphatic carbocycles. The standard InChI is InChI=1S/C20H24N6O/c1-25-17(10-14-12-21-16-5-3-2-4-15(14)16)23-24-19(25)26-8-6-20(7-9-26)11-18(27)22-13-20/h2-5,12,21H,6-11,13H2,1H3,(H,22,27). The molecule has 1 aromatic carbocycles. The highest BCUT2D eigenvalue weighted by Crippen LogP contribution is 2.38. The lowest BCUT2D eigenvalue weighted by atomic mass is 9.78. The molecule has 2 aliphatic heterocycles.